The number of nitrogens with one attached hydrogen (secondary N) is 1. The van der Waals surface area contributed by atoms with Crippen molar-refractivity contribution >= 4 is 34.6 Å². The zero-order chi connectivity index (χ0) is 20.2. The van der Waals surface area contributed by atoms with Crippen molar-refractivity contribution in [1.29, 1.82) is 0 Å². The molecule has 29 heavy (non-hydrogen) atoms. The fourth-order valence-electron chi connectivity index (χ4n) is 2.91. The highest BCUT2D eigenvalue weighted by atomic mass is 35.5. The maximum Gasteiger partial charge on any atom is 0.272 e. The lowest BCUT2D eigenvalue weighted by Crippen LogP contribution is -2.18. The Morgan fingerprint density at radius 2 is 1.72 bits per heavy atom. The molecule has 1 amide bonds. The third kappa shape index (κ3) is 4.31. The number of fused-ring (bicyclic) bond motifs is 1. The van der Waals surface area contributed by atoms with Crippen molar-refractivity contribution in [3.05, 3.63) is 101 Å². The first-order chi connectivity index (χ1) is 14.1. The summed E-state index contributed by atoms with van der Waals surface area (Å²) in [7, 11) is 0. The van der Waals surface area contributed by atoms with Gasteiger partial charge in [0, 0.05) is 16.0 Å². The Labute approximate surface area is 171 Å². The summed E-state index contributed by atoms with van der Waals surface area (Å²) in [6.45, 7) is 0. The molecule has 4 rings (SSSR count). The van der Waals surface area contributed by atoms with Crippen molar-refractivity contribution in [3.63, 3.8) is 0 Å². The van der Waals surface area contributed by atoms with Crippen molar-refractivity contribution in [2.45, 2.75) is 0 Å². The number of carbonyl (C=O) groups is 1. The van der Waals surface area contributed by atoms with E-state index in [4.69, 9.17) is 11.6 Å². The SMILES string of the molecule is O=C(N/N=C\c1ccc(F)cc1)c1cc(-c2ccc(Cl)cc2)nc2ccccc12. The van der Waals surface area contributed by atoms with Crippen LogP contribution in [0.1, 0.15) is 15.9 Å². The molecule has 0 saturated carbocycles. The van der Waals surface area contributed by atoms with E-state index in [1.54, 1.807) is 30.3 Å². The number of halogens is 2. The highest BCUT2D eigenvalue weighted by Crippen LogP contribution is 2.26. The Kier molecular flexibility index (Phi) is 5.31. The van der Waals surface area contributed by atoms with Gasteiger partial charge in [-0.25, -0.2) is 14.8 Å². The van der Waals surface area contributed by atoms with Crippen molar-refractivity contribution in [1.82, 2.24) is 10.4 Å². The lowest BCUT2D eigenvalue weighted by Gasteiger charge is -2.09. The second kappa shape index (κ2) is 8.20. The minimum Gasteiger partial charge on any atom is -0.267 e. The topological polar surface area (TPSA) is 54.4 Å². The molecular weight excluding hydrogens is 389 g/mol. The largest absolute Gasteiger partial charge is 0.272 e. The maximum atomic E-state index is 13.0. The van der Waals surface area contributed by atoms with Gasteiger partial charge in [0.05, 0.1) is 23.0 Å². The molecule has 0 atom stereocenters. The first-order valence-corrected chi connectivity index (χ1v) is 9.23. The molecule has 0 bridgehead atoms. The Bertz CT molecular complexity index is 1210. The van der Waals surface area contributed by atoms with Gasteiger partial charge < -0.3 is 0 Å². The normalized spacial score (nSPS) is 11.1. The zero-order valence-electron chi connectivity index (χ0n) is 15.1. The number of carbonyl (C=O) groups excluding carboxylic acids is 1. The summed E-state index contributed by atoms with van der Waals surface area (Å²) in [5.74, 6) is -0.693. The van der Waals surface area contributed by atoms with Crippen LogP contribution in [0.15, 0.2) is 84.0 Å². The van der Waals surface area contributed by atoms with E-state index in [0.29, 0.717) is 27.4 Å². The van der Waals surface area contributed by atoms with Gasteiger partial charge in [0.1, 0.15) is 5.82 Å². The van der Waals surface area contributed by atoms with Crippen LogP contribution in [0.2, 0.25) is 5.02 Å². The van der Waals surface area contributed by atoms with Gasteiger partial charge in [-0.3, -0.25) is 4.79 Å². The third-order valence-electron chi connectivity index (χ3n) is 4.35. The fourth-order valence-corrected chi connectivity index (χ4v) is 3.03. The number of benzene rings is 3. The quantitative estimate of drug-likeness (QED) is 0.363. The van der Waals surface area contributed by atoms with E-state index >= 15 is 0 Å². The molecule has 6 heteroatoms. The van der Waals surface area contributed by atoms with Crippen LogP contribution in [0.5, 0.6) is 0 Å². The van der Waals surface area contributed by atoms with Gasteiger partial charge in [0.2, 0.25) is 0 Å². The van der Waals surface area contributed by atoms with E-state index < -0.39 is 0 Å². The van der Waals surface area contributed by atoms with Gasteiger partial charge >= 0.3 is 0 Å². The van der Waals surface area contributed by atoms with Crippen LogP contribution >= 0.6 is 11.6 Å². The van der Waals surface area contributed by atoms with Gasteiger partial charge in [-0.05, 0) is 42.0 Å². The predicted molar refractivity (Wildman–Crippen MR) is 114 cm³/mol. The van der Waals surface area contributed by atoms with E-state index in [-0.39, 0.29) is 11.7 Å². The monoisotopic (exact) mass is 403 g/mol. The number of amides is 1. The molecule has 3 aromatic carbocycles. The summed E-state index contributed by atoms with van der Waals surface area (Å²) in [5.41, 5.74) is 5.87. The summed E-state index contributed by atoms with van der Waals surface area (Å²) in [5, 5.41) is 5.33. The molecule has 1 heterocycles. The summed E-state index contributed by atoms with van der Waals surface area (Å²) in [4.78, 5) is 17.5. The summed E-state index contributed by atoms with van der Waals surface area (Å²) < 4.78 is 13.0. The molecular formula is C23H15ClFN3O. The number of aromatic nitrogens is 1. The van der Waals surface area contributed by atoms with Crippen molar-refractivity contribution in [3.8, 4) is 11.3 Å². The Morgan fingerprint density at radius 1 is 1.00 bits per heavy atom. The van der Waals surface area contributed by atoms with E-state index in [1.807, 2.05) is 36.4 Å². The molecule has 0 saturated heterocycles. The Hall–Kier alpha value is -3.57. The van der Waals surface area contributed by atoms with Crippen molar-refractivity contribution in [2.75, 3.05) is 0 Å². The minimum absolute atomic E-state index is 0.329. The average Bonchev–Trinajstić information content (AvgIpc) is 2.75. The number of hydrogen-bond donors (Lipinski definition) is 1. The molecule has 4 nitrogen and oxygen atoms in total. The highest BCUT2D eigenvalue weighted by Gasteiger charge is 2.13. The van der Waals surface area contributed by atoms with Crippen LogP contribution in [-0.2, 0) is 0 Å². The van der Waals surface area contributed by atoms with Crippen molar-refractivity contribution < 1.29 is 9.18 Å². The van der Waals surface area contributed by atoms with E-state index in [9.17, 15) is 9.18 Å². The van der Waals surface area contributed by atoms with Crippen LogP contribution in [0.4, 0.5) is 4.39 Å². The number of rotatable bonds is 4. The van der Waals surface area contributed by atoms with Gasteiger partial charge in [-0.1, -0.05) is 54.1 Å². The van der Waals surface area contributed by atoms with E-state index in [1.165, 1.54) is 18.3 Å². The van der Waals surface area contributed by atoms with Crippen LogP contribution in [0, 0.1) is 5.82 Å². The average molecular weight is 404 g/mol. The smallest absolute Gasteiger partial charge is 0.267 e. The predicted octanol–water partition coefficient (Wildman–Crippen LogP) is 5.46. The number of pyridine rings is 1. The molecule has 0 radical (unpaired) electrons. The minimum atomic E-state index is -0.364. The summed E-state index contributed by atoms with van der Waals surface area (Å²) in [6, 6.07) is 22.2. The number of hydrogen-bond acceptors (Lipinski definition) is 3. The molecule has 1 aromatic heterocycles. The second-order valence-electron chi connectivity index (χ2n) is 6.33. The molecule has 4 aromatic rings. The summed E-state index contributed by atoms with van der Waals surface area (Å²) >= 11 is 5.97. The molecule has 0 fully saturated rings. The zero-order valence-corrected chi connectivity index (χ0v) is 15.9. The van der Waals surface area contributed by atoms with Crippen LogP contribution in [-0.4, -0.2) is 17.1 Å². The molecule has 0 unspecified atom stereocenters. The second-order valence-corrected chi connectivity index (χ2v) is 6.77. The van der Waals surface area contributed by atoms with Crippen molar-refractivity contribution in [2.24, 2.45) is 5.10 Å². The summed E-state index contributed by atoms with van der Waals surface area (Å²) in [6.07, 6.45) is 1.46. The van der Waals surface area contributed by atoms with Gasteiger partial charge in [0.15, 0.2) is 0 Å². The van der Waals surface area contributed by atoms with Gasteiger partial charge in [-0.15, -0.1) is 0 Å². The molecule has 0 aliphatic carbocycles. The van der Waals surface area contributed by atoms with Crippen LogP contribution in [0.3, 0.4) is 0 Å². The van der Waals surface area contributed by atoms with Crippen LogP contribution < -0.4 is 5.43 Å². The molecule has 1 N–H and O–H groups in total. The lowest BCUT2D eigenvalue weighted by molar-refractivity contribution is 0.0956. The molecule has 0 aliphatic rings. The Morgan fingerprint density at radius 3 is 2.48 bits per heavy atom. The third-order valence-corrected chi connectivity index (χ3v) is 4.60. The highest BCUT2D eigenvalue weighted by molar-refractivity contribution is 6.30. The lowest BCUT2D eigenvalue weighted by atomic mass is 10.0. The van der Waals surface area contributed by atoms with Crippen LogP contribution in [0.25, 0.3) is 22.2 Å². The molecule has 0 aliphatic heterocycles. The number of hydrazone groups is 1. The van der Waals surface area contributed by atoms with E-state index in [2.05, 4.69) is 15.5 Å². The first kappa shape index (κ1) is 18.8. The molecule has 0 spiro atoms. The maximum absolute atomic E-state index is 13.0. The molecule has 142 valence electrons. The van der Waals surface area contributed by atoms with E-state index in [0.717, 1.165) is 10.9 Å². The standard InChI is InChI=1S/C23H15ClFN3O/c24-17-9-7-16(8-10-17)22-13-20(19-3-1-2-4-21(19)27-22)23(29)28-26-14-15-5-11-18(25)12-6-15/h1-14H,(H,28,29)/b26-14-. The Balaban J connectivity index is 1.67. The number of para-hydroxylation sites is 1. The van der Waals surface area contributed by atoms with Gasteiger partial charge in [0.25, 0.3) is 5.91 Å². The fraction of sp³-hybridized carbons (Fsp3) is 0. The first-order valence-electron chi connectivity index (χ1n) is 8.85. The number of nitrogens with zero attached hydrogens (tertiary/aromatic N) is 2. The van der Waals surface area contributed by atoms with Gasteiger partial charge in [-0.2, -0.15) is 5.10 Å².